The molecule has 1 atom stereocenters. The molecule has 0 aliphatic carbocycles. The summed E-state index contributed by atoms with van der Waals surface area (Å²) in [5, 5.41) is 3.99. The molecule has 1 aromatic heterocycles. The fraction of sp³-hybridized carbons (Fsp3) is 0.846. The van der Waals surface area contributed by atoms with Crippen LogP contribution in [-0.2, 0) is 6.42 Å². The van der Waals surface area contributed by atoms with Crippen LogP contribution < -0.4 is 4.90 Å². The third-order valence-electron chi connectivity index (χ3n) is 3.75. The molecule has 1 aliphatic heterocycles. The Labute approximate surface area is 109 Å². The Kier molecular flexibility index (Phi) is 4.58. The van der Waals surface area contributed by atoms with E-state index in [-0.39, 0.29) is 0 Å². The molecule has 0 N–H and O–H groups in total. The number of aromatic nitrogens is 2. The van der Waals surface area contributed by atoms with E-state index in [1.165, 1.54) is 25.9 Å². The lowest BCUT2D eigenvalue weighted by Crippen LogP contribution is -2.33. The van der Waals surface area contributed by atoms with Crippen molar-refractivity contribution >= 4 is 5.95 Å². The second-order valence-electron chi connectivity index (χ2n) is 5.14. The van der Waals surface area contributed by atoms with Crippen molar-refractivity contribution in [3.63, 3.8) is 0 Å². The molecule has 1 unspecified atom stereocenters. The van der Waals surface area contributed by atoms with Gasteiger partial charge in [-0.1, -0.05) is 6.92 Å². The number of likely N-dealkylation sites (tertiary alicyclic amines) is 1. The minimum Gasteiger partial charge on any atom is -0.341 e. The molecule has 18 heavy (non-hydrogen) atoms. The molecular weight excluding hydrogens is 228 g/mol. The first-order valence-corrected chi connectivity index (χ1v) is 6.98. The van der Waals surface area contributed by atoms with E-state index in [0.717, 1.165) is 19.4 Å². The number of nitrogens with zero attached hydrogens (tertiary/aromatic N) is 4. The number of anilines is 1. The highest BCUT2D eigenvalue weighted by Gasteiger charge is 2.18. The molecule has 2 heterocycles. The first-order valence-electron chi connectivity index (χ1n) is 6.98. The van der Waals surface area contributed by atoms with Gasteiger partial charge in [0, 0.05) is 26.1 Å². The summed E-state index contributed by atoms with van der Waals surface area (Å²) in [4.78, 5) is 8.99. The molecule has 0 aromatic carbocycles. The first-order chi connectivity index (χ1) is 8.70. The van der Waals surface area contributed by atoms with E-state index in [2.05, 4.69) is 26.9 Å². The summed E-state index contributed by atoms with van der Waals surface area (Å²) in [7, 11) is 2.03. The van der Waals surface area contributed by atoms with E-state index in [0.29, 0.717) is 17.9 Å². The molecule has 1 saturated heterocycles. The summed E-state index contributed by atoms with van der Waals surface area (Å²) in [5.41, 5.74) is 0. The molecule has 1 fully saturated rings. The zero-order valence-corrected chi connectivity index (χ0v) is 11.7. The van der Waals surface area contributed by atoms with Gasteiger partial charge >= 0.3 is 0 Å². The predicted molar refractivity (Wildman–Crippen MR) is 71.8 cm³/mol. The van der Waals surface area contributed by atoms with Crippen molar-refractivity contribution in [1.82, 2.24) is 15.0 Å². The van der Waals surface area contributed by atoms with Crippen molar-refractivity contribution < 1.29 is 4.52 Å². The highest BCUT2D eigenvalue weighted by molar-refractivity contribution is 5.25. The van der Waals surface area contributed by atoms with Crippen molar-refractivity contribution in [3.8, 4) is 0 Å². The van der Waals surface area contributed by atoms with Crippen LogP contribution in [0.25, 0.3) is 0 Å². The second kappa shape index (κ2) is 6.18. The lowest BCUT2D eigenvalue weighted by molar-refractivity contribution is 0.249. The Morgan fingerprint density at radius 3 is 2.72 bits per heavy atom. The largest absolute Gasteiger partial charge is 0.341 e. The number of rotatable bonds is 6. The summed E-state index contributed by atoms with van der Waals surface area (Å²) in [6.45, 7) is 7.82. The summed E-state index contributed by atoms with van der Waals surface area (Å²) >= 11 is 0. The normalized spacial score (nSPS) is 18.2. The van der Waals surface area contributed by atoms with Crippen molar-refractivity contribution in [1.29, 1.82) is 0 Å². The van der Waals surface area contributed by atoms with Gasteiger partial charge in [-0.2, -0.15) is 4.98 Å². The molecule has 5 heteroatoms. The van der Waals surface area contributed by atoms with Crippen LogP contribution >= 0.6 is 0 Å². The lowest BCUT2D eigenvalue weighted by Gasteiger charge is -2.25. The molecule has 102 valence electrons. The molecule has 2 rings (SSSR count). The molecule has 1 aliphatic rings. The minimum atomic E-state index is 0.646. The molecule has 0 bridgehead atoms. The van der Waals surface area contributed by atoms with Gasteiger partial charge in [-0.05, 0) is 44.4 Å². The molecule has 5 nitrogen and oxygen atoms in total. The van der Waals surface area contributed by atoms with Crippen molar-refractivity contribution in [2.24, 2.45) is 0 Å². The maximum atomic E-state index is 5.13. The standard InChI is InChI=1S/C13H24N4O/c1-4-12-14-13(15-18-12)16(3)10-7-11(2)17-8-5-6-9-17/h11H,4-10H2,1-3H3. The quantitative estimate of drug-likeness (QED) is 0.774. The highest BCUT2D eigenvalue weighted by atomic mass is 16.5. The van der Waals surface area contributed by atoms with Crippen molar-refractivity contribution in [2.75, 3.05) is 31.6 Å². The van der Waals surface area contributed by atoms with Crippen LogP contribution in [0.2, 0.25) is 0 Å². The Morgan fingerprint density at radius 1 is 1.39 bits per heavy atom. The monoisotopic (exact) mass is 252 g/mol. The topological polar surface area (TPSA) is 45.4 Å². The number of aryl methyl sites for hydroxylation is 1. The third kappa shape index (κ3) is 3.22. The molecular formula is C13H24N4O. The Hall–Kier alpha value is -1.10. The van der Waals surface area contributed by atoms with E-state index < -0.39 is 0 Å². The van der Waals surface area contributed by atoms with Crippen LogP contribution in [0.4, 0.5) is 5.95 Å². The summed E-state index contributed by atoms with van der Waals surface area (Å²) in [5.74, 6) is 1.42. The van der Waals surface area contributed by atoms with Gasteiger partial charge in [0.1, 0.15) is 0 Å². The summed E-state index contributed by atoms with van der Waals surface area (Å²) in [6.07, 6.45) is 4.65. The molecule has 0 amide bonds. The van der Waals surface area contributed by atoms with Crippen LogP contribution in [0.1, 0.15) is 39.0 Å². The van der Waals surface area contributed by atoms with Gasteiger partial charge in [-0.25, -0.2) is 0 Å². The highest BCUT2D eigenvalue weighted by Crippen LogP contribution is 2.15. The third-order valence-corrected chi connectivity index (χ3v) is 3.75. The van der Waals surface area contributed by atoms with E-state index in [1.807, 2.05) is 14.0 Å². The van der Waals surface area contributed by atoms with Gasteiger partial charge in [0.25, 0.3) is 5.95 Å². The van der Waals surface area contributed by atoms with Gasteiger partial charge in [0.2, 0.25) is 5.89 Å². The fourth-order valence-electron chi connectivity index (χ4n) is 2.39. The molecule has 0 saturated carbocycles. The first kappa shape index (κ1) is 13.3. The smallest absolute Gasteiger partial charge is 0.265 e. The maximum absolute atomic E-state index is 5.13. The van der Waals surface area contributed by atoms with Gasteiger partial charge in [0.05, 0.1) is 0 Å². The maximum Gasteiger partial charge on any atom is 0.265 e. The molecule has 0 radical (unpaired) electrons. The SMILES string of the molecule is CCc1nc(N(C)CCC(C)N2CCCC2)no1. The Bertz CT molecular complexity index is 360. The number of hydrogen-bond donors (Lipinski definition) is 0. The van der Waals surface area contributed by atoms with Crippen LogP contribution in [0, 0.1) is 0 Å². The average molecular weight is 252 g/mol. The van der Waals surface area contributed by atoms with Crippen molar-refractivity contribution in [2.45, 2.75) is 45.6 Å². The Balaban J connectivity index is 1.78. The summed E-state index contributed by atoms with van der Waals surface area (Å²) in [6, 6.07) is 0.646. The fourth-order valence-corrected chi connectivity index (χ4v) is 2.39. The predicted octanol–water partition coefficient (Wildman–Crippen LogP) is 1.94. The Morgan fingerprint density at radius 2 is 2.11 bits per heavy atom. The lowest BCUT2D eigenvalue weighted by atomic mass is 10.2. The molecule has 1 aromatic rings. The second-order valence-corrected chi connectivity index (χ2v) is 5.14. The summed E-state index contributed by atoms with van der Waals surface area (Å²) < 4.78 is 5.13. The van der Waals surface area contributed by atoms with Crippen LogP contribution in [0.5, 0.6) is 0 Å². The average Bonchev–Trinajstić information content (AvgIpc) is 3.05. The van der Waals surface area contributed by atoms with Crippen LogP contribution in [-0.4, -0.2) is 47.8 Å². The molecule has 0 spiro atoms. The van der Waals surface area contributed by atoms with Crippen LogP contribution in [0.15, 0.2) is 4.52 Å². The van der Waals surface area contributed by atoms with Gasteiger partial charge in [-0.3, -0.25) is 0 Å². The van der Waals surface area contributed by atoms with Crippen LogP contribution in [0.3, 0.4) is 0 Å². The van der Waals surface area contributed by atoms with E-state index >= 15 is 0 Å². The zero-order valence-electron chi connectivity index (χ0n) is 11.7. The van der Waals surface area contributed by atoms with Crippen molar-refractivity contribution in [3.05, 3.63) is 5.89 Å². The van der Waals surface area contributed by atoms with E-state index in [9.17, 15) is 0 Å². The van der Waals surface area contributed by atoms with Gasteiger partial charge in [-0.15, -0.1) is 0 Å². The van der Waals surface area contributed by atoms with E-state index in [1.54, 1.807) is 0 Å². The van der Waals surface area contributed by atoms with Gasteiger partial charge in [0.15, 0.2) is 0 Å². The van der Waals surface area contributed by atoms with E-state index in [4.69, 9.17) is 4.52 Å². The number of hydrogen-bond acceptors (Lipinski definition) is 5. The minimum absolute atomic E-state index is 0.646. The zero-order chi connectivity index (χ0) is 13.0. The van der Waals surface area contributed by atoms with Gasteiger partial charge < -0.3 is 14.3 Å².